The van der Waals surface area contributed by atoms with Crippen LogP contribution in [0.25, 0.3) is 0 Å². The van der Waals surface area contributed by atoms with Crippen LogP contribution >= 0.6 is 11.3 Å². The van der Waals surface area contributed by atoms with Gasteiger partial charge in [-0.2, -0.15) is 0 Å². The maximum Gasteiger partial charge on any atom is 0.260 e. The number of hydrogen-bond donors (Lipinski definition) is 0. The maximum atomic E-state index is 12.8. The van der Waals surface area contributed by atoms with Gasteiger partial charge < -0.3 is 14.4 Å². The molecular formula is C21H22N2O3S. The van der Waals surface area contributed by atoms with Gasteiger partial charge in [-0.05, 0) is 53.8 Å². The number of pyridine rings is 1. The Morgan fingerprint density at radius 2 is 1.93 bits per heavy atom. The summed E-state index contributed by atoms with van der Waals surface area (Å²) in [6.07, 6.45) is 4.34. The van der Waals surface area contributed by atoms with Gasteiger partial charge in [0.2, 0.25) is 0 Å². The first kappa shape index (κ1) is 18.9. The summed E-state index contributed by atoms with van der Waals surface area (Å²) >= 11 is 1.70. The van der Waals surface area contributed by atoms with Gasteiger partial charge in [0, 0.05) is 30.4 Å². The molecule has 2 aromatic heterocycles. The Morgan fingerprint density at radius 3 is 2.59 bits per heavy atom. The number of carbonyl (C=O) groups is 1. The molecule has 0 fully saturated rings. The third-order valence-electron chi connectivity index (χ3n) is 4.08. The monoisotopic (exact) mass is 382 g/mol. The third kappa shape index (κ3) is 5.82. The van der Waals surface area contributed by atoms with E-state index in [-0.39, 0.29) is 12.5 Å². The molecule has 0 spiro atoms. The molecule has 0 atom stereocenters. The van der Waals surface area contributed by atoms with Gasteiger partial charge in [-0.3, -0.25) is 9.78 Å². The predicted octanol–water partition coefficient (Wildman–Crippen LogP) is 3.80. The topological polar surface area (TPSA) is 51.7 Å². The molecule has 5 nitrogen and oxygen atoms in total. The summed E-state index contributed by atoms with van der Waals surface area (Å²) < 4.78 is 10.8. The number of carbonyl (C=O) groups excluding carboxylic acids is 1. The van der Waals surface area contributed by atoms with Crippen LogP contribution in [-0.4, -0.2) is 36.1 Å². The first-order chi connectivity index (χ1) is 13.2. The number of benzene rings is 1. The summed E-state index contributed by atoms with van der Waals surface area (Å²) in [5.41, 5.74) is 1.00. The molecule has 27 heavy (non-hydrogen) atoms. The van der Waals surface area contributed by atoms with Gasteiger partial charge in [0.15, 0.2) is 6.61 Å². The lowest BCUT2D eigenvalue weighted by molar-refractivity contribution is -0.134. The quantitative estimate of drug-likeness (QED) is 0.565. The summed E-state index contributed by atoms with van der Waals surface area (Å²) in [7, 11) is 1.61. The minimum Gasteiger partial charge on any atom is -0.497 e. The van der Waals surface area contributed by atoms with Gasteiger partial charge in [-0.1, -0.05) is 12.1 Å². The highest BCUT2D eigenvalue weighted by Crippen LogP contribution is 2.17. The first-order valence-electron chi connectivity index (χ1n) is 8.70. The van der Waals surface area contributed by atoms with Gasteiger partial charge in [-0.15, -0.1) is 11.3 Å². The van der Waals surface area contributed by atoms with Crippen molar-refractivity contribution in [3.05, 3.63) is 76.7 Å². The lowest BCUT2D eigenvalue weighted by Gasteiger charge is -2.22. The van der Waals surface area contributed by atoms with Gasteiger partial charge in [0.25, 0.3) is 5.91 Å². The Balaban J connectivity index is 1.61. The molecule has 0 saturated carbocycles. The molecule has 0 aliphatic carbocycles. The van der Waals surface area contributed by atoms with Crippen LogP contribution in [0, 0.1) is 0 Å². The number of nitrogens with zero attached hydrogens (tertiary/aromatic N) is 2. The maximum absolute atomic E-state index is 12.8. The highest BCUT2D eigenvalue weighted by atomic mass is 32.1. The molecule has 2 heterocycles. The van der Waals surface area contributed by atoms with E-state index in [9.17, 15) is 4.79 Å². The molecule has 140 valence electrons. The number of rotatable bonds is 9. The molecule has 0 unspecified atom stereocenters. The van der Waals surface area contributed by atoms with Crippen molar-refractivity contribution in [1.82, 2.24) is 9.88 Å². The van der Waals surface area contributed by atoms with E-state index < -0.39 is 0 Å². The standard InChI is InChI=1S/C21H22N2O3S/c1-25-18-6-8-19(9-7-18)26-16-21(24)23(12-10-20-5-3-13-27-20)15-17-4-2-11-22-14-17/h2-9,11,13-14H,10,12,15-16H2,1H3. The van der Waals surface area contributed by atoms with E-state index in [2.05, 4.69) is 16.4 Å². The van der Waals surface area contributed by atoms with Crippen LogP contribution in [0.3, 0.4) is 0 Å². The van der Waals surface area contributed by atoms with E-state index in [1.165, 1.54) is 4.88 Å². The van der Waals surface area contributed by atoms with Crippen molar-refractivity contribution in [3.8, 4) is 11.5 Å². The average Bonchev–Trinajstić information content (AvgIpc) is 3.24. The molecule has 3 aromatic rings. The summed E-state index contributed by atoms with van der Waals surface area (Å²) in [6, 6.07) is 15.2. The third-order valence-corrected chi connectivity index (χ3v) is 5.02. The molecule has 1 aromatic carbocycles. The fourth-order valence-electron chi connectivity index (χ4n) is 2.61. The van der Waals surface area contributed by atoms with E-state index in [4.69, 9.17) is 9.47 Å². The van der Waals surface area contributed by atoms with Gasteiger partial charge in [0.05, 0.1) is 7.11 Å². The molecule has 3 rings (SSSR count). The second-order valence-electron chi connectivity index (χ2n) is 5.97. The molecule has 0 aliphatic heterocycles. The van der Waals surface area contributed by atoms with E-state index in [0.717, 1.165) is 17.7 Å². The predicted molar refractivity (Wildman–Crippen MR) is 106 cm³/mol. The average molecular weight is 382 g/mol. The lowest BCUT2D eigenvalue weighted by Crippen LogP contribution is -2.36. The summed E-state index contributed by atoms with van der Waals surface area (Å²) in [6.45, 7) is 1.15. The first-order valence-corrected chi connectivity index (χ1v) is 9.58. The van der Waals surface area contributed by atoms with Crippen molar-refractivity contribution in [2.75, 3.05) is 20.3 Å². The van der Waals surface area contributed by atoms with E-state index in [1.54, 1.807) is 43.0 Å². The van der Waals surface area contributed by atoms with Crippen LogP contribution in [0.1, 0.15) is 10.4 Å². The van der Waals surface area contributed by atoms with Crippen LogP contribution in [0.2, 0.25) is 0 Å². The summed E-state index contributed by atoms with van der Waals surface area (Å²) in [4.78, 5) is 20.0. The zero-order valence-corrected chi connectivity index (χ0v) is 16.0. The molecule has 0 N–H and O–H groups in total. The van der Waals surface area contributed by atoms with Crippen molar-refractivity contribution in [2.45, 2.75) is 13.0 Å². The Bertz CT molecular complexity index is 820. The van der Waals surface area contributed by atoms with E-state index >= 15 is 0 Å². The minimum absolute atomic E-state index is 0.00295. The van der Waals surface area contributed by atoms with Crippen molar-refractivity contribution in [1.29, 1.82) is 0 Å². The Labute approximate surface area is 163 Å². The van der Waals surface area contributed by atoms with Gasteiger partial charge >= 0.3 is 0 Å². The molecule has 0 bridgehead atoms. The fraction of sp³-hybridized carbons (Fsp3) is 0.238. The van der Waals surface area contributed by atoms with Crippen LogP contribution in [0.4, 0.5) is 0 Å². The highest BCUT2D eigenvalue weighted by Gasteiger charge is 2.15. The second kappa shape index (κ2) is 9.73. The largest absolute Gasteiger partial charge is 0.497 e. The normalized spacial score (nSPS) is 10.4. The molecule has 1 amide bonds. The van der Waals surface area contributed by atoms with Gasteiger partial charge in [0.1, 0.15) is 11.5 Å². The molecule has 0 saturated heterocycles. The Morgan fingerprint density at radius 1 is 1.11 bits per heavy atom. The van der Waals surface area contributed by atoms with Crippen molar-refractivity contribution < 1.29 is 14.3 Å². The fourth-order valence-corrected chi connectivity index (χ4v) is 3.31. The van der Waals surface area contributed by atoms with Crippen LogP contribution in [0.5, 0.6) is 11.5 Å². The van der Waals surface area contributed by atoms with Crippen molar-refractivity contribution in [3.63, 3.8) is 0 Å². The summed E-state index contributed by atoms with van der Waals surface area (Å²) in [5.74, 6) is 1.35. The lowest BCUT2D eigenvalue weighted by atomic mass is 10.2. The molecule has 6 heteroatoms. The highest BCUT2D eigenvalue weighted by molar-refractivity contribution is 7.09. The number of thiophene rings is 1. The minimum atomic E-state index is -0.0498. The SMILES string of the molecule is COc1ccc(OCC(=O)N(CCc2cccs2)Cc2cccnc2)cc1. The van der Waals surface area contributed by atoms with E-state index in [0.29, 0.717) is 18.8 Å². The zero-order valence-electron chi connectivity index (χ0n) is 15.2. The van der Waals surface area contributed by atoms with E-state index in [1.807, 2.05) is 35.2 Å². The van der Waals surface area contributed by atoms with Crippen LogP contribution in [0.15, 0.2) is 66.3 Å². The van der Waals surface area contributed by atoms with Crippen LogP contribution in [-0.2, 0) is 17.8 Å². The summed E-state index contributed by atoms with van der Waals surface area (Å²) in [5, 5.41) is 2.05. The van der Waals surface area contributed by atoms with Crippen molar-refractivity contribution in [2.24, 2.45) is 0 Å². The Kier molecular flexibility index (Phi) is 6.82. The molecule has 0 radical (unpaired) electrons. The number of hydrogen-bond acceptors (Lipinski definition) is 5. The number of methoxy groups -OCH3 is 1. The second-order valence-corrected chi connectivity index (χ2v) is 7.00. The van der Waals surface area contributed by atoms with Crippen molar-refractivity contribution >= 4 is 17.2 Å². The smallest absolute Gasteiger partial charge is 0.260 e. The molecular weight excluding hydrogens is 360 g/mol. The van der Waals surface area contributed by atoms with Gasteiger partial charge in [-0.25, -0.2) is 0 Å². The zero-order chi connectivity index (χ0) is 18.9. The molecule has 0 aliphatic rings. The van der Waals surface area contributed by atoms with Crippen LogP contribution < -0.4 is 9.47 Å². The number of ether oxygens (including phenoxy) is 2. The Hall–Kier alpha value is -2.86. The number of aromatic nitrogens is 1. The number of amides is 1.